The third kappa shape index (κ3) is 4.13. The average molecular weight is 305 g/mol. The van der Waals surface area contributed by atoms with Gasteiger partial charge in [-0.3, -0.25) is 0 Å². The van der Waals surface area contributed by atoms with E-state index in [1.54, 1.807) is 37.4 Å². The molecular formula is C16H17ClN2O2. The first-order chi connectivity index (χ1) is 10.1. The maximum atomic E-state index is 12.0. The molecule has 0 saturated carbocycles. The first kappa shape index (κ1) is 15.2. The van der Waals surface area contributed by atoms with E-state index in [0.29, 0.717) is 10.7 Å². The quantitative estimate of drug-likeness (QED) is 0.888. The number of benzene rings is 2. The molecule has 2 N–H and O–H groups in total. The Kier molecular flexibility index (Phi) is 5.06. The molecule has 0 heterocycles. The molecule has 0 fully saturated rings. The van der Waals surface area contributed by atoms with E-state index in [9.17, 15) is 4.79 Å². The number of nitrogens with one attached hydrogen (secondary N) is 2. The minimum Gasteiger partial charge on any atom is -0.497 e. The molecule has 2 aromatic carbocycles. The minimum absolute atomic E-state index is 0.183. The monoisotopic (exact) mass is 304 g/mol. The van der Waals surface area contributed by atoms with Crippen LogP contribution >= 0.6 is 11.6 Å². The fourth-order valence-electron chi connectivity index (χ4n) is 1.94. The molecule has 2 rings (SSSR count). The van der Waals surface area contributed by atoms with Crippen molar-refractivity contribution in [1.29, 1.82) is 0 Å². The number of halogens is 1. The van der Waals surface area contributed by atoms with Crippen LogP contribution in [0, 0.1) is 0 Å². The van der Waals surface area contributed by atoms with Gasteiger partial charge in [0.2, 0.25) is 0 Å². The van der Waals surface area contributed by atoms with Gasteiger partial charge in [-0.05, 0) is 42.8 Å². The van der Waals surface area contributed by atoms with Gasteiger partial charge in [-0.25, -0.2) is 4.79 Å². The number of hydrogen-bond donors (Lipinski definition) is 2. The van der Waals surface area contributed by atoms with E-state index in [-0.39, 0.29) is 12.1 Å². The van der Waals surface area contributed by atoms with Gasteiger partial charge in [0.25, 0.3) is 0 Å². The second kappa shape index (κ2) is 6.99. The summed E-state index contributed by atoms with van der Waals surface area (Å²) >= 11 is 6.11. The van der Waals surface area contributed by atoms with Crippen molar-refractivity contribution in [3.8, 4) is 5.75 Å². The average Bonchev–Trinajstić information content (AvgIpc) is 2.48. The molecule has 0 saturated heterocycles. The van der Waals surface area contributed by atoms with Gasteiger partial charge in [0.1, 0.15) is 5.75 Å². The summed E-state index contributed by atoms with van der Waals surface area (Å²) in [4.78, 5) is 12.0. The second-order valence-electron chi connectivity index (χ2n) is 4.57. The van der Waals surface area contributed by atoms with E-state index in [2.05, 4.69) is 10.6 Å². The van der Waals surface area contributed by atoms with Crippen molar-refractivity contribution in [2.45, 2.75) is 13.0 Å². The van der Waals surface area contributed by atoms with Gasteiger partial charge in [-0.2, -0.15) is 0 Å². The number of rotatable bonds is 4. The lowest BCUT2D eigenvalue weighted by Crippen LogP contribution is -2.31. The van der Waals surface area contributed by atoms with E-state index in [4.69, 9.17) is 16.3 Å². The van der Waals surface area contributed by atoms with Crippen LogP contribution in [0.1, 0.15) is 18.5 Å². The minimum atomic E-state index is -0.285. The molecule has 1 unspecified atom stereocenters. The maximum Gasteiger partial charge on any atom is 0.319 e. The van der Waals surface area contributed by atoms with Gasteiger partial charge >= 0.3 is 6.03 Å². The molecule has 0 radical (unpaired) electrons. The molecule has 1 atom stereocenters. The number of methoxy groups -OCH3 is 1. The number of carbonyl (C=O) groups excluding carboxylic acids is 1. The highest BCUT2D eigenvalue weighted by molar-refractivity contribution is 6.31. The molecular weight excluding hydrogens is 288 g/mol. The third-order valence-electron chi connectivity index (χ3n) is 3.07. The summed E-state index contributed by atoms with van der Waals surface area (Å²) in [5, 5.41) is 6.25. The van der Waals surface area contributed by atoms with Crippen molar-refractivity contribution in [3.63, 3.8) is 0 Å². The Morgan fingerprint density at radius 3 is 2.43 bits per heavy atom. The SMILES string of the molecule is COc1ccc(NC(=O)NC(C)c2ccccc2Cl)cc1. The standard InChI is InChI=1S/C16H17ClN2O2/c1-11(14-5-3-4-6-15(14)17)18-16(20)19-12-7-9-13(21-2)10-8-12/h3-11H,1-2H3,(H2,18,19,20). The van der Waals surface area contributed by atoms with Crippen LogP contribution in [0.3, 0.4) is 0 Å². The number of carbonyl (C=O) groups is 1. The lowest BCUT2D eigenvalue weighted by Gasteiger charge is -2.16. The summed E-state index contributed by atoms with van der Waals surface area (Å²) in [6.45, 7) is 1.88. The number of anilines is 1. The van der Waals surface area contributed by atoms with Crippen molar-refractivity contribution in [2.24, 2.45) is 0 Å². The molecule has 0 aliphatic heterocycles. The topological polar surface area (TPSA) is 50.4 Å². The van der Waals surface area contributed by atoms with Crippen LogP contribution in [-0.4, -0.2) is 13.1 Å². The van der Waals surface area contributed by atoms with E-state index >= 15 is 0 Å². The lowest BCUT2D eigenvalue weighted by molar-refractivity contribution is 0.249. The normalized spacial score (nSPS) is 11.6. The fraction of sp³-hybridized carbons (Fsp3) is 0.188. The molecule has 2 aromatic rings. The number of hydrogen-bond acceptors (Lipinski definition) is 2. The van der Waals surface area contributed by atoms with E-state index < -0.39 is 0 Å². The zero-order chi connectivity index (χ0) is 15.2. The highest BCUT2D eigenvalue weighted by Gasteiger charge is 2.12. The first-order valence-electron chi connectivity index (χ1n) is 6.56. The predicted octanol–water partition coefficient (Wildman–Crippen LogP) is 4.23. The van der Waals surface area contributed by atoms with E-state index in [1.807, 2.05) is 25.1 Å². The number of urea groups is 1. The predicted molar refractivity (Wildman–Crippen MR) is 85.0 cm³/mol. The van der Waals surface area contributed by atoms with Crippen LogP contribution in [-0.2, 0) is 0 Å². The molecule has 21 heavy (non-hydrogen) atoms. The molecule has 5 heteroatoms. The van der Waals surface area contributed by atoms with E-state index in [1.165, 1.54) is 0 Å². The molecule has 0 aliphatic carbocycles. The summed E-state index contributed by atoms with van der Waals surface area (Å²) in [6, 6.07) is 14.1. The summed E-state index contributed by atoms with van der Waals surface area (Å²) in [5.74, 6) is 0.741. The van der Waals surface area contributed by atoms with Crippen LogP contribution in [0.4, 0.5) is 10.5 Å². The zero-order valence-corrected chi connectivity index (χ0v) is 12.6. The van der Waals surface area contributed by atoms with Gasteiger partial charge in [0.15, 0.2) is 0 Å². The lowest BCUT2D eigenvalue weighted by atomic mass is 10.1. The van der Waals surface area contributed by atoms with Crippen molar-refractivity contribution in [2.75, 3.05) is 12.4 Å². The third-order valence-corrected chi connectivity index (χ3v) is 3.41. The molecule has 0 aromatic heterocycles. The zero-order valence-electron chi connectivity index (χ0n) is 11.9. The van der Waals surface area contributed by atoms with Crippen molar-refractivity contribution < 1.29 is 9.53 Å². The number of ether oxygens (including phenoxy) is 1. The van der Waals surface area contributed by atoms with Crippen LogP contribution in [0.25, 0.3) is 0 Å². The first-order valence-corrected chi connectivity index (χ1v) is 6.94. The molecule has 4 nitrogen and oxygen atoms in total. The van der Waals surface area contributed by atoms with Gasteiger partial charge in [0.05, 0.1) is 13.2 Å². The van der Waals surface area contributed by atoms with Crippen LogP contribution in [0.2, 0.25) is 5.02 Å². The van der Waals surface area contributed by atoms with Gasteiger partial charge < -0.3 is 15.4 Å². The largest absolute Gasteiger partial charge is 0.497 e. The Balaban J connectivity index is 1.96. The fourth-order valence-corrected chi connectivity index (χ4v) is 2.24. The Bertz CT molecular complexity index is 614. The Morgan fingerprint density at radius 1 is 1.14 bits per heavy atom. The smallest absolute Gasteiger partial charge is 0.319 e. The van der Waals surface area contributed by atoms with Gasteiger partial charge in [-0.1, -0.05) is 29.8 Å². The Labute approximate surface area is 129 Å². The summed E-state index contributed by atoms with van der Waals surface area (Å²) < 4.78 is 5.07. The van der Waals surface area contributed by atoms with Crippen molar-refractivity contribution in [1.82, 2.24) is 5.32 Å². The highest BCUT2D eigenvalue weighted by atomic mass is 35.5. The van der Waals surface area contributed by atoms with Crippen LogP contribution in [0.5, 0.6) is 5.75 Å². The van der Waals surface area contributed by atoms with Crippen molar-refractivity contribution in [3.05, 3.63) is 59.1 Å². The summed E-state index contributed by atoms with van der Waals surface area (Å²) in [6.07, 6.45) is 0. The summed E-state index contributed by atoms with van der Waals surface area (Å²) in [7, 11) is 1.60. The Hall–Kier alpha value is -2.20. The highest BCUT2D eigenvalue weighted by Crippen LogP contribution is 2.22. The molecule has 2 amide bonds. The van der Waals surface area contributed by atoms with Crippen molar-refractivity contribution >= 4 is 23.3 Å². The number of amides is 2. The van der Waals surface area contributed by atoms with E-state index in [0.717, 1.165) is 11.3 Å². The Morgan fingerprint density at radius 2 is 1.81 bits per heavy atom. The van der Waals surface area contributed by atoms with Gasteiger partial charge in [0, 0.05) is 10.7 Å². The molecule has 0 aliphatic rings. The van der Waals surface area contributed by atoms with Crippen LogP contribution < -0.4 is 15.4 Å². The molecule has 110 valence electrons. The van der Waals surface area contributed by atoms with Gasteiger partial charge in [-0.15, -0.1) is 0 Å². The molecule has 0 spiro atoms. The second-order valence-corrected chi connectivity index (χ2v) is 4.98. The summed E-state index contributed by atoms with van der Waals surface area (Å²) in [5.41, 5.74) is 1.57. The maximum absolute atomic E-state index is 12.0. The van der Waals surface area contributed by atoms with Crippen LogP contribution in [0.15, 0.2) is 48.5 Å². The molecule has 0 bridgehead atoms.